The Bertz CT molecular complexity index is 414. The van der Waals surface area contributed by atoms with E-state index in [1.165, 1.54) is 11.9 Å². The van der Waals surface area contributed by atoms with E-state index >= 15 is 0 Å². The maximum Gasteiger partial charge on any atom is 0.254 e. The SMILES string of the molecule is CC(CN)N(C)C(=O)c1cc(F)c(F)c(F)c1. The van der Waals surface area contributed by atoms with Gasteiger partial charge in [0.05, 0.1) is 0 Å². The van der Waals surface area contributed by atoms with Crippen molar-refractivity contribution >= 4 is 5.91 Å². The summed E-state index contributed by atoms with van der Waals surface area (Å²) in [7, 11) is 1.46. The number of halogens is 3. The number of hydrogen-bond acceptors (Lipinski definition) is 2. The van der Waals surface area contributed by atoms with Crippen LogP contribution in [0.25, 0.3) is 0 Å². The number of benzene rings is 1. The highest BCUT2D eigenvalue weighted by Crippen LogP contribution is 2.15. The first-order chi connectivity index (χ1) is 7.88. The molecule has 0 radical (unpaired) electrons. The van der Waals surface area contributed by atoms with Crippen LogP contribution in [-0.4, -0.2) is 30.4 Å². The lowest BCUT2D eigenvalue weighted by molar-refractivity contribution is 0.0747. The molecule has 6 heteroatoms. The van der Waals surface area contributed by atoms with Crippen LogP contribution in [0.2, 0.25) is 0 Å². The lowest BCUT2D eigenvalue weighted by atomic mass is 10.1. The Labute approximate surface area is 97.0 Å². The Morgan fingerprint density at radius 1 is 1.35 bits per heavy atom. The fourth-order valence-corrected chi connectivity index (χ4v) is 1.24. The normalized spacial score (nSPS) is 12.4. The molecule has 0 aromatic heterocycles. The molecule has 2 N–H and O–H groups in total. The molecule has 1 rings (SSSR count). The summed E-state index contributed by atoms with van der Waals surface area (Å²) < 4.78 is 38.6. The van der Waals surface area contributed by atoms with Crippen LogP contribution < -0.4 is 5.73 Å². The monoisotopic (exact) mass is 246 g/mol. The Hall–Kier alpha value is -1.56. The van der Waals surface area contributed by atoms with Crippen molar-refractivity contribution in [2.45, 2.75) is 13.0 Å². The molecule has 0 saturated carbocycles. The standard InChI is InChI=1S/C11H13F3N2O/c1-6(5-15)16(2)11(17)7-3-8(12)10(14)9(13)4-7/h3-4,6H,5,15H2,1-2H3. The number of hydrogen-bond donors (Lipinski definition) is 1. The smallest absolute Gasteiger partial charge is 0.254 e. The van der Waals surface area contributed by atoms with Gasteiger partial charge in [-0.1, -0.05) is 0 Å². The minimum atomic E-state index is -1.59. The predicted molar refractivity (Wildman–Crippen MR) is 56.9 cm³/mol. The van der Waals surface area contributed by atoms with Gasteiger partial charge in [-0.3, -0.25) is 4.79 Å². The van der Waals surface area contributed by atoms with Crippen LogP contribution in [0.15, 0.2) is 12.1 Å². The minimum Gasteiger partial charge on any atom is -0.338 e. The van der Waals surface area contributed by atoms with Gasteiger partial charge in [0.2, 0.25) is 0 Å². The Morgan fingerprint density at radius 3 is 2.24 bits per heavy atom. The first-order valence-electron chi connectivity index (χ1n) is 5.00. The quantitative estimate of drug-likeness (QED) is 0.822. The molecule has 0 saturated heterocycles. The Balaban J connectivity index is 3.05. The molecule has 0 aliphatic rings. The molecule has 3 nitrogen and oxygen atoms in total. The van der Waals surface area contributed by atoms with Gasteiger partial charge in [-0.15, -0.1) is 0 Å². The molecule has 0 aliphatic carbocycles. The molecular weight excluding hydrogens is 233 g/mol. The second kappa shape index (κ2) is 5.18. The van der Waals surface area contributed by atoms with Crippen LogP contribution in [0.3, 0.4) is 0 Å². The molecule has 0 fully saturated rings. The van der Waals surface area contributed by atoms with E-state index in [0.717, 1.165) is 0 Å². The first-order valence-corrected chi connectivity index (χ1v) is 5.00. The minimum absolute atomic E-state index is 0.217. The van der Waals surface area contributed by atoms with E-state index in [-0.39, 0.29) is 18.2 Å². The molecule has 0 heterocycles. The lowest BCUT2D eigenvalue weighted by Gasteiger charge is -2.23. The van der Waals surface area contributed by atoms with Crippen LogP contribution in [-0.2, 0) is 0 Å². The molecule has 1 aromatic carbocycles. The highest BCUT2D eigenvalue weighted by molar-refractivity contribution is 5.94. The summed E-state index contributed by atoms with van der Waals surface area (Å²) in [5, 5.41) is 0. The van der Waals surface area contributed by atoms with Crippen molar-refractivity contribution < 1.29 is 18.0 Å². The van der Waals surface area contributed by atoms with Crippen molar-refractivity contribution in [2.24, 2.45) is 5.73 Å². The Morgan fingerprint density at radius 2 is 1.82 bits per heavy atom. The molecular formula is C11H13F3N2O. The molecule has 1 atom stereocenters. The highest BCUT2D eigenvalue weighted by atomic mass is 19.2. The zero-order valence-corrected chi connectivity index (χ0v) is 9.51. The van der Waals surface area contributed by atoms with Gasteiger partial charge in [0.25, 0.3) is 5.91 Å². The van der Waals surface area contributed by atoms with Crippen molar-refractivity contribution in [3.05, 3.63) is 35.1 Å². The van der Waals surface area contributed by atoms with Gasteiger partial charge < -0.3 is 10.6 Å². The summed E-state index contributed by atoms with van der Waals surface area (Å²) in [6.45, 7) is 1.91. The van der Waals surface area contributed by atoms with Crippen molar-refractivity contribution in [2.75, 3.05) is 13.6 Å². The number of likely N-dealkylation sites (N-methyl/N-ethyl adjacent to an activating group) is 1. The molecule has 1 amide bonds. The van der Waals surface area contributed by atoms with E-state index in [4.69, 9.17) is 5.73 Å². The largest absolute Gasteiger partial charge is 0.338 e. The third kappa shape index (κ3) is 2.76. The molecule has 0 aliphatic heterocycles. The predicted octanol–water partition coefficient (Wildman–Crippen LogP) is 1.52. The number of carbonyl (C=O) groups is 1. The maximum absolute atomic E-state index is 12.9. The summed E-state index contributed by atoms with van der Waals surface area (Å²) in [6.07, 6.45) is 0. The van der Waals surface area contributed by atoms with E-state index in [0.29, 0.717) is 12.1 Å². The number of amides is 1. The summed E-state index contributed by atoms with van der Waals surface area (Å²) in [5.74, 6) is -4.97. The lowest BCUT2D eigenvalue weighted by Crippen LogP contribution is -2.39. The molecule has 94 valence electrons. The zero-order valence-electron chi connectivity index (χ0n) is 9.51. The van der Waals surface area contributed by atoms with Gasteiger partial charge in [-0.2, -0.15) is 0 Å². The molecule has 1 unspecified atom stereocenters. The van der Waals surface area contributed by atoms with E-state index < -0.39 is 23.4 Å². The molecule has 17 heavy (non-hydrogen) atoms. The molecule has 0 spiro atoms. The fourth-order valence-electron chi connectivity index (χ4n) is 1.24. The van der Waals surface area contributed by atoms with E-state index in [1.54, 1.807) is 6.92 Å². The van der Waals surface area contributed by atoms with Crippen LogP contribution in [0.1, 0.15) is 17.3 Å². The van der Waals surface area contributed by atoms with Gasteiger partial charge in [0.1, 0.15) is 0 Å². The van der Waals surface area contributed by atoms with Crippen molar-refractivity contribution in [3.63, 3.8) is 0 Å². The fraction of sp³-hybridized carbons (Fsp3) is 0.364. The summed E-state index contributed by atoms with van der Waals surface area (Å²) in [6, 6.07) is 1.06. The van der Waals surface area contributed by atoms with Crippen LogP contribution >= 0.6 is 0 Å². The average Bonchev–Trinajstić information content (AvgIpc) is 2.32. The number of nitrogens with zero attached hydrogens (tertiary/aromatic N) is 1. The summed E-state index contributed by atoms with van der Waals surface area (Å²) in [4.78, 5) is 13.0. The topological polar surface area (TPSA) is 46.3 Å². The first kappa shape index (κ1) is 13.5. The third-order valence-corrected chi connectivity index (χ3v) is 2.55. The van der Waals surface area contributed by atoms with Crippen LogP contribution in [0.4, 0.5) is 13.2 Å². The van der Waals surface area contributed by atoms with Gasteiger partial charge in [-0.05, 0) is 19.1 Å². The number of rotatable bonds is 3. The van der Waals surface area contributed by atoms with Crippen molar-refractivity contribution in [3.8, 4) is 0 Å². The highest BCUT2D eigenvalue weighted by Gasteiger charge is 2.20. The van der Waals surface area contributed by atoms with Gasteiger partial charge in [0, 0.05) is 25.2 Å². The van der Waals surface area contributed by atoms with E-state index in [1.807, 2.05) is 0 Å². The van der Waals surface area contributed by atoms with Crippen LogP contribution in [0, 0.1) is 17.5 Å². The summed E-state index contributed by atoms with van der Waals surface area (Å²) >= 11 is 0. The zero-order chi connectivity index (χ0) is 13.2. The second-order valence-corrected chi connectivity index (χ2v) is 3.75. The Kier molecular flexibility index (Phi) is 4.11. The number of carbonyl (C=O) groups excluding carboxylic acids is 1. The van der Waals surface area contributed by atoms with Gasteiger partial charge in [-0.25, -0.2) is 13.2 Å². The van der Waals surface area contributed by atoms with E-state index in [9.17, 15) is 18.0 Å². The van der Waals surface area contributed by atoms with E-state index in [2.05, 4.69) is 0 Å². The number of nitrogens with two attached hydrogens (primary N) is 1. The second-order valence-electron chi connectivity index (χ2n) is 3.75. The van der Waals surface area contributed by atoms with Gasteiger partial charge in [0.15, 0.2) is 17.5 Å². The van der Waals surface area contributed by atoms with Gasteiger partial charge >= 0.3 is 0 Å². The van der Waals surface area contributed by atoms with Crippen LogP contribution in [0.5, 0.6) is 0 Å². The average molecular weight is 246 g/mol. The third-order valence-electron chi connectivity index (χ3n) is 2.55. The maximum atomic E-state index is 12.9. The molecule has 0 bridgehead atoms. The summed E-state index contributed by atoms with van der Waals surface area (Å²) in [5.41, 5.74) is 5.12. The van der Waals surface area contributed by atoms with Crippen molar-refractivity contribution in [1.29, 1.82) is 0 Å². The molecule has 1 aromatic rings. The van der Waals surface area contributed by atoms with Crippen molar-refractivity contribution in [1.82, 2.24) is 4.90 Å².